The number of nitrogens with one attached hydrogen (secondary N) is 1. The van der Waals surface area contributed by atoms with E-state index in [0.29, 0.717) is 6.42 Å². The van der Waals surface area contributed by atoms with Gasteiger partial charge in [-0.3, -0.25) is 0 Å². The normalized spacial score (nSPS) is 12.6. The second-order valence-electron chi connectivity index (χ2n) is 5.04. The predicted octanol–water partition coefficient (Wildman–Crippen LogP) is 1.31. The predicted molar refractivity (Wildman–Crippen MR) is 72.9 cm³/mol. The fourth-order valence-electron chi connectivity index (χ4n) is 1.47. The summed E-state index contributed by atoms with van der Waals surface area (Å²) in [6, 6.07) is 9.78. The Balaban J connectivity index is 2.34. The molecule has 18 heavy (non-hydrogen) atoms. The van der Waals surface area contributed by atoms with Crippen molar-refractivity contribution in [3.8, 4) is 0 Å². The van der Waals surface area contributed by atoms with Crippen molar-refractivity contribution < 1.29 is 13.5 Å². The summed E-state index contributed by atoms with van der Waals surface area (Å²) < 4.78 is 25.7. The SMILES string of the molecule is CC(C)(O)CNS(=O)(=O)CCCc1ccccc1. The minimum absolute atomic E-state index is 0.0423. The molecule has 4 nitrogen and oxygen atoms in total. The maximum absolute atomic E-state index is 11.6. The van der Waals surface area contributed by atoms with Gasteiger partial charge in [0.1, 0.15) is 0 Å². The molecule has 0 heterocycles. The largest absolute Gasteiger partial charge is 0.389 e. The van der Waals surface area contributed by atoms with Crippen LogP contribution in [0.5, 0.6) is 0 Å². The molecule has 0 radical (unpaired) electrons. The van der Waals surface area contributed by atoms with Crippen LogP contribution in [0.1, 0.15) is 25.8 Å². The van der Waals surface area contributed by atoms with E-state index in [1.807, 2.05) is 30.3 Å². The number of benzene rings is 1. The van der Waals surface area contributed by atoms with Gasteiger partial charge in [-0.1, -0.05) is 30.3 Å². The number of hydrogen-bond donors (Lipinski definition) is 2. The molecule has 1 aromatic rings. The quantitative estimate of drug-likeness (QED) is 0.786. The standard InChI is InChI=1S/C13H21NO3S/c1-13(2,15)11-14-18(16,17)10-6-9-12-7-4-3-5-8-12/h3-5,7-8,14-15H,6,9-11H2,1-2H3. The summed E-state index contributed by atoms with van der Waals surface area (Å²) in [5, 5.41) is 9.46. The summed E-state index contributed by atoms with van der Waals surface area (Å²) in [5.74, 6) is 0.0813. The summed E-state index contributed by atoms with van der Waals surface area (Å²) in [7, 11) is -3.29. The van der Waals surface area contributed by atoms with E-state index in [9.17, 15) is 13.5 Å². The van der Waals surface area contributed by atoms with Crippen molar-refractivity contribution in [2.24, 2.45) is 0 Å². The van der Waals surface area contributed by atoms with Gasteiger partial charge in [-0.15, -0.1) is 0 Å². The number of sulfonamides is 1. The van der Waals surface area contributed by atoms with Crippen LogP contribution in [0.25, 0.3) is 0 Å². The molecule has 0 saturated carbocycles. The molecule has 0 aliphatic carbocycles. The van der Waals surface area contributed by atoms with E-state index in [4.69, 9.17) is 0 Å². The molecule has 0 amide bonds. The van der Waals surface area contributed by atoms with Gasteiger partial charge in [-0.05, 0) is 32.3 Å². The van der Waals surface area contributed by atoms with Crippen LogP contribution in [-0.4, -0.2) is 31.4 Å². The molecule has 5 heteroatoms. The maximum atomic E-state index is 11.6. The van der Waals surface area contributed by atoms with E-state index in [-0.39, 0.29) is 12.3 Å². The van der Waals surface area contributed by atoms with Crippen LogP contribution in [0.2, 0.25) is 0 Å². The van der Waals surface area contributed by atoms with Crippen LogP contribution in [0, 0.1) is 0 Å². The highest BCUT2D eigenvalue weighted by molar-refractivity contribution is 7.89. The van der Waals surface area contributed by atoms with Crippen molar-refractivity contribution in [3.63, 3.8) is 0 Å². The third kappa shape index (κ3) is 6.74. The summed E-state index contributed by atoms with van der Waals surface area (Å²) >= 11 is 0. The Morgan fingerprint density at radius 1 is 1.22 bits per heavy atom. The van der Waals surface area contributed by atoms with Gasteiger partial charge in [0.15, 0.2) is 0 Å². The van der Waals surface area contributed by atoms with E-state index in [2.05, 4.69) is 4.72 Å². The summed E-state index contributed by atoms with van der Waals surface area (Å²) in [5.41, 5.74) is 0.113. The number of hydrogen-bond acceptors (Lipinski definition) is 3. The molecule has 0 spiro atoms. The highest BCUT2D eigenvalue weighted by Crippen LogP contribution is 2.04. The summed E-state index contributed by atoms with van der Waals surface area (Å²) in [4.78, 5) is 0. The maximum Gasteiger partial charge on any atom is 0.211 e. The zero-order valence-electron chi connectivity index (χ0n) is 10.9. The monoisotopic (exact) mass is 271 g/mol. The smallest absolute Gasteiger partial charge is 0.211 e. The van der Waals surface area contributed by atoms with Gasteiger partial charge < -0.3 is 5.11 Å². The molecule has 0 saturated heterocycles. The Morgan fingerprint density at radius 3 is 2.39 bits per heavy atom. The summed E-state index contributed by atoms with van der Waals surface area (Å²) in [6.07, 6.45) is 1.31. The Morgan fingerprint density at radius 2 is 1.83 bits per heavy atom. The van der Waals surface area contributed by atoms with E-state index in [1.165, 1.54) is 0 Å². The number of aryl methyl sites for hydroxylation is 1. The van der Waals surface area contributed by atoms with Crippen molar-refractivity contribution in [3.05, 3.63) is 35.9 Å². The van der Waals surface area contributed by atoms with Crippen LogP contribution in [0.15, 0.2) is 30.3 Å². The molecule has 1 rings (SSSR count). The van der Waals surface area contributed by atoms with Crippen molar-refractivity contribution in [1.82, 2.24) is 4.72 Å². The molecule has 0 fully saturated rings. The molecule has 0 unspecified atom stereocenters. The third-order valence-electron chi connectivity index (χ3n) is 2.45. The third-order valence-corrected chi connectivity index (χ3v) is 3.86. The Kier molecular flexibility index (Phi) is 5.31. The second-order valence-corrected chi connectivity index (χ2v) is 6.97. The lowest BCUT2D eigenvalue weighted by atomic mass is 10.1. The van der Waals surface area contributed by atoms with E-state index in [0.717, 1.165) is 12.0 Å². The van der Waals surface area contributed by atoms with E-state index < -0.39 is 15.6 Å². The van der Waals surface area contributed by atoms with Crippen LogP contribution in [0.3, 0.4) is 0 Å². The highest BCUT2D eigenvalue weighted by atomic mass is 32.2. The first-order valence-electron chi connectivity index (χ1n) is 6.02. The molecule has 0 aromatic heterocycles. The molecule has 0 aliphatic rings. The average Bonchev–Trinajstić information content (AvgIpc) is 2.27. The highest BCUT2D eigenvalue weighted by Gasteiger charge is 2.17. The van der Waals surface area contributed by atoms with Gasteiger partial charge >= 0.3 is 0 Å². The number of aliphatic hydroxyl groups is 1. The van der Waals surface area contributed by atoms with Crippen molar-refractivity contribution in [1.29, 1.82) is 0 Å². The zero-order chi connectivity index (χ0) is 13.6. The van der Waals surface area contributed by atoms with Gasteiger partial charge in [-0.25, -0.2) is 13.1 Å². The Labute approximate surface area is 109 Å². The lowest BCUT2D eigenvalue weighted by Crippen LogP contribution is -2.39. The Bertz CT molecular complexity index is 449. The van der Waals surface area contributed by atoms with Gasteiger partial charge in [-0.2, -0.15) is 0 Å². The minimum atomic E-state index is -3.29. The minimum Gasteiger partial charge on any atom is -0.389 e. The molecule has 1 aromatic carbocycles. The molecule has 0 aliphatic heterocycles. The van der Waals surface area contributed by atoms with E-state index >= 15 is 0 Å². The molecule has 2 N–H and O–H groups in total. The first-order chi connectivity index (χ1) is 8.29. The second kappa shape index (κ2) is 6.31. The van der Waals surface area contributed by atoms with Crippen molar-refractivity contribution in [2.45, 2.75) is 32.3 Å². The Hall–Kier alpha value is -0.910. The zero-order valence-corrected chi connectivity index (χ0v) is 11.7. The lowest BCUT2D eigenvalue weighted by molar-refractivity contribution is 0.0857. The van der Waals surface area contributed by atoms with Crippen molar-refractivity contribution in [2.75, 3.05) is 12.3 Å². The summed E-state index contributed by atoms with van der Waals surface area (Å²) in [6.45, 7) is 3.18. The van der Waals surface area contributed by atoms with Crippen LogP contribution < -0.4 is 4.72 Å². The topological polar surface area (TPSA) is 66.4 Å². The van der Waals surface area contributed by atoms with Crippen LogP contribution >= 0.6 is 0 Å². The van der Waals surface area contributed by atoms with Gasteiger partial charge in [0.05, 0.1) is 11.4 Å². The van der Waals surface area contributed by atoms with E-state index in [1.54, 1.807) is 13.8 Å². The fraction of sp³-hybridized carbons (Fsp3) is 0.538. The van der Waals surface area contributed by atoms with Gasteiger partial charge in [0, 0.05) is 6.54 Å². The molecular weight excluding hydrogens is 250 g/mol. The number of rotatable bonds is 7. The first kappa shape index (κ1) is 15.1. The molecule has 0 bridgehead atoms. The fourth-order valence-corrected chi connectivity index (χ4v) is 2.71. The van der Waals surface area contributed by atoms with Gasteiger partial charge in [0.2, 0.25) is 10.0 Å². The average molecular weight is 271 g/mol. The van der Waals surface area contributed by atoms with Crippen molar-refractivity contribution >= 4 is 10.0 Å². The van der Waals surface area contributed by atoms with Crippen LogP contribution in [0.4, 0.5) is 0 Å². The van der Waals surface area contributed by atoms with Crippen LogP contribution in [-0.2, 0) is 16.4 Å². The molecule has 102 valence electrons. The first-order valence-corrected chi connectivity index (χ1v) is 7.67. The molecular formula is C13H21NO3S. The van der Waals surface area contributed by atoms with Gasteiger partial charge in [0.25, 0.3) is 0 Å². The lowest BCUT2D eigenvalue weighted by Gasteiger charge is -2.17. The molecule has 0 atom stereocenters.